The topological polar surface area (TPSA) is 0 Å². The average molecular weight is 249 g/mol. The summed E-state index contributed by atoms with van der Waals surface area (Å²) in [6.45, 7) is 23.3. The molecule has 0 rings (SSSR count). The lowest BCUT2D eigenvalue weighted by Crippen LogP contribution is -1.66. The molecule has 0 unspecified atom stereocenters. The lowest BCUT2D eigenvalue weighted by Gasteiger charge is -1.79. The van der Waals surface area contributed by atoms with Crippen molar-refractivity contribution in [2.75, 3.05) is 0 Å². The summed E-state index contributed by atoms with van der Waals surface area (Å²) in [4.78, 5) is 0. The van der Waals surface area contributed by atoms with Gasteiger partial charge in [-0.1, -0.05) is 108 Å². The first-order valence-corrected chi connectivity index (χ1v) is 8.06. The Labute approximate surface area is 115 Å². The fourth-order valence-electron chi connectivity index (χ4n) is 0.354. The van der Waals surface area contributed by atoms with Crippen molar-refractivity contribution in [3.05, 3.63) is 0 Å². The molecule has 112 valence electrons. The molecule has 0 spiro atoms. The summed E-state index contributed by atoms with van der Waals surface area (Å²) in [5, 5.41) is 0. The van der Waals surface area contributed by atoms with Crippen molar-refractivity contribution in [2.24, 2.45) is 5.92 Å². The van der Waals surface area contributed by atoms with Crippen LogP contribution in [-0.4, -0.2) is 0 Å². The molecule has 0 aliphatic heterocycles. The van der Waals surface area contributed by atoms with E-state index in [1.54, 1.807) is 0 Å². The molecular weight excluding hydrogens is 204 g/mol. The van der Waals surface area contributed by atoms with Gasteiger partial charge >= 0.3 is 0 Å². The normalized spacial score (nSPS) is 7.06. The molecule has 0 fully saturated rings. The largest absolute Gasteiger partial charge is 0.0683 e. The average Bonchev–Trinajstić information content (AvgIpc) is 2.35. The van der Waals surface area contributed by atoms with Gasteiger partial charge in [0.25, 0.3) is 0 Å². The van der Waals surface area contributed by atoms with Gasteiger partial charge in [-0.15, -0.1) is 0 Å². The van der Waals surface area contributed by atoms with E-state index >= 15 is 0 Å². The summed E-state index contributed by atoms with van der Waals surface area (Å²) < 4.78 is 0. The number of hydrogen-bond donors (Lipinski definition) is 0. The van der Waals surface area contributed by atoms with Crippen molar-refractivity contribution in [3.8, 4) is 0 Å². The van der Waals surface area contributed by atoms with Gasteiger partial charge in [-0.2, -0.15) is 0 Å². The van der Waals surface area contributed by atoms with Crippen LogP contribution in [-0.2, 0) is 0 Å². The molecule has 0 aromatic heterocycles. The second kappa shape index (κ2) is 56.2. The van der Waals surface area contributed by atoms with Crippen molar-refractivity contribution < 1.29 is 0 Å². The molecule has 0 amide bonds. The molecule has 0 bridgehead atoms. The minimum Gasteiger partial charge on any atom is -0.0683 e. The highest BCUT2D eigenvalue weighted by molar-refractivity contribution is 4.24. The molecule has 0 heteroatoms. The number of hydrogen-bond acceptors (Lipinski definition) is 0. The maximum absolute atomic E-state index is 2.21. The van der Waals surface area contributed by atoms with Crippen LogP contribution in [0, 0.1) is 5.92 Å². The van der Waals surface area contributed by atoms with E-state index in [4.69, 9.17) is 0 Å². The Hall–Kier alpha value is 0. The molecule has 17 heavy (non-hydrogen) atoms. The highest BCUT2D eigenvalue weighted by Crippen LogP contribution is 1.88. The van der Waals surface area contributed by atoms with E-state index in [9.17, 15) is 0 Å². The first-order valence-electron chi connectivity index (χ1n) is 8.06. The van der Waals surface area contributed by atoms with Gasteiger partial charge in [-0.05, 0) is 5.92 Å². The van der Waals surface area contributed by atoms with Gasteiger partial charge in [0.15, 0.2) is 0 Å². The van der Waals surface area contributed by atoms with Gasteiger partial charge in [0.05, 0.1) is 0 Å². The van der Waals surface area contributed by atoms with Crippen LogP contribution in [0.3, 0.4) is 0 Å². The Bertz CT molecular complexity index is 39.2. The van der Waals surface area contributed by atoms with Crippen LogP contribution < -0.4 is 0 Å². The van der Waals surface area contributed by atoms with Crippen LogP contribution in [0.2, 0.25) is 0 Å². The quantitative estimate of drug-likeness (QED) is 0.479. The van der Waals surface area contributed by atoms with E-state index < -0.39 is 0 Å². The fourth-order valence-corrected chi connectivity index (χ4v) is 0.354. The van der Waals surface area contributed by atoms with E-state index in [2.05, 4.69) is 48.5 Å². The van der Waals surface area contributed by atoms with Crippen LogP contribution in [0.5, 0.6) is 0 Å². The highest BCUT2D eigenvalue weighted by atomic mass is 13.7. The molecule has 0 radical (unpaired) electrons. The number of unbranched alkanes of at least 4 members (excludes halogenated alkanes) is 3. The van der Waals surface area contributed by atoms with Crippen molar-refractivity contribution in [1.82, 2.24) is 0 Å². The smallest absolute Gasteiger partial charge is 0.0500 e. The molecule has 0 saturated heterocycles. The lowest BCUT2D eigenvalue weighted by molar-refractivity contribution is 0.737. The van der Waals surface area contributed by atoms with Crippen molar-refractivity contribution >= 4 is 0 Å². The summed E-state index contributed by atoms with van der Waals surface area (Å²) in [5.41, 5.74) is 0. The van der Waals surface area contributed by atoms with Crippen LogP contribution in [0.25, 0.3) is 0 Å². The second-order valence-electron chi connectivity index (χ2n) is 4.09. The SMILES string of the molecule is CC.CC.CC(C)C.CCCC.CCCCC. The standard InChI is InChI=1S/C5H12.2C4H10.2C2H6/c1-3-5-4-2;1-4(2)3;1-3-4-2;2*1-2/h3-5H2,1-2H3;4H,1-3H3;3-4H2,1-2H3;2*1-2H3. The van der Waals surface area contributed by atoms with Gasteiger partial charge < -0.3 is 0 Å². The summed E-state index contributed by atoms with van der Waals surface area (Å²) in [7, 11) is 0. The predicted molar refractivity (Wildman–Crippen MR) is 89.0 cm³/mol. The molecule has 0 aromatic rings. The Morgan fingerprint density at radius 3 is 0.706 bits per heavy atom. The molecule has 0 N–H and O–H groups in total. The van der Waals surface area contributed by atoms with E-state index in [1.807, 2.05) is 27.7 Å². The highest BCUT2D eigenvalue weighted by Gasteiger charge is 1.68. The van der Waals surface area contributed by atoms with E-state index in [-0.39, 0.29) is 0 Å². The third-order valence-electron chi connectivity index (χ3n) is 1.21. The van der Waals surface area contributed by atoms with Crippen LogP contribution in [0.4, 0.5) is 0 Å². The van der Waals surface area contributed by atoms with Crippen LogP contribution in [0.15, 0.2) is 0 Å². The zero-order chi connectivity index (χ0) is 15.1. The summed E-state index contributed by atoms with van der Waals surface area (Å²) in [6, 6.07) is 0. The second-order valence-corrected chi connectivity index (χ2v) is 4.09. The Morgan fingerprint density at radius 2 is 0.706 bits per heavy atom. The van der Waals surface area contributed by atoms with E-state index in [0.29, 0.717) is 0 Å². The zero-order valence-corrected chi connectivity index (χ0v) is 15.1. The predicted octanol–water partition coefficient (Wildman–Crippen LogP) is 7.72. The van der Waals surface area contributed by atoms with Crippen molar-refractivity contribution in [1.29, 1.82) is 0 Å². The van der Waals surface area contributed by atoms with Gasteiger partial charge in [0.2, 0.25) is 0 Å². The molecule has 0 aromatic carbocycles. The van der Waals surface area contributed by atoms with E-state index in [1.165, 1.54) is 32.1 Å². The first kappa shape index (κ1) is 30.2. The Morgan fingerprint density at radius 1 is 0.529 bits per heavy atom. The Kier molecular flexibility index (Phi) is 100. The summed E-state index contributed by atoms with van der Waals surface area (Å²) >= 11 is 0. The minimum atomic E-state index is 0.833. The molecule has 0 nitrogen and oxygen atoms in total. The molecule has 0 aliphatic carbocycles. The third kappa shape index (κ3) is 348. The lowest BCUT2D eigenvalue weighted by atomic mass is 10.3. The summed E-state index contributed by atoms with van der Waals surface area (Å²) in [6.07, 6.45) is 6.72. The molecule has 0 heterocycles. The maximum Gasteiger partial charge on any atom is -0.0500 e. The monoisotopic (exact) mass is 248 g/mol. The Balaban J connectivity index is -0.0000000371. The first-order chi connectivity index (χ1) is 8.06. The summed E-state index contributed by atoms with van der Waals surface area (Å²) in [5.74, 6) is 0.833. The molecule has 0 atom stereocenters. The van der Waals surface area contributed by atoms with Crippen LogP contribution >= 0.6 is 0 Å². The molecule has 0 aliphatic rings. The maximum atomic E-state index is 2.21. The fraction of sp³-hybridized carbons (Fsp3) is 1.00. The van der Waals surface area contributed by atoms with Gasteiger partial charge in [-0.3, -0.25) is 0 Å². The van der Waals surface area contributed by atoms with Gasteiger partial charge in [0.1, 0.15) is 0 Å². The van der Waals surface area contributed by atoms with E-state index in [0.717, 1.165) is 5.92 Å². The van der Waals surface area contributed by atoms with Crippen molar-refractivity contribution in [3.63, 3.8) is 0 Å². The number of rotatable bonds is 3. The molecular formula is C17H44. The van der Waals surface area contributed by atoms with Gasteiger partial charge in [0, 0.05) is 0 Å². The van der Waals surface area contributed by atoms with Crippen LogP contribution in [0.1, 0.15) is 108 Å². The zero-order valence-electron chi connectivity index (χ0n) is 15.1. The minimum absolute atomic E-state index is 0.833. The molecule has 0 saturated carbocycles. The van der Waals surface area contributed by atoms with Crippen molar-refractivity contribution in [2.45, 2.75) is 108 Å². The van der Waals surface area contributed by atoms with Gasteiger partial charge in [-0.25, -0.2) is 0 Å². The third-order valence-corrected chi connectivity index (χ3v) is 1.21.